The van der Waals surface area contributed by atoms with Crippen LogP contribution in [0.2, 0.25) is 0 Å². The molecule has 0 heterocycles. The second-order valence-electron chi connectivity index (χ2n) is 21.4. The van der Waals surface area contributed by atoms with Crippen molar-refractivity contribution in [1.29, 1.82) is 0 Å². The Morgan fingerprint density at radius 3 is 1.01 bits per heavy atom. The molecule has 0 unspecified atom stereocenters. The molecule has 0 aliphatic carbocycles. The van der Waals surface area contributed by atoms with Gasteiger partial charge in [0.05, 0.1) is 19.8 Å². The van der Waals surface area contributed by atoms with Gasteiger partial charge in [0, 0.05) is 102 Å². The van der Waals surface area contributed by atoms with Crippen LogP contribution >= 0.6 is 0 Å². The molecular formula is C56H108O12. The number of esters is 2. The Morgan fingerprint density at radius 2 is 0.676 bits per heavy atom. The molecule has 12 nitrogen and oxygen atoms in total. The molecule has 0 aliphatic rings. The van der Waals surface area contributed by atoms with Gasteiger partial charge in [0.1, 0.15) is 28.7 Å². The molecular weight excluding hydrogens is 865 g/mol. The molecule has 0 fully saturated rings. The first-order valence-corrected chi connectivity index (χ1v) is 26.5. The van der Waals surface area contributed by atoms with Gasteiger partial charge in [0.2, 0.25) is 0 Å². The normalized spacial score (nSPS) is 11.4. The Morgan fingerprint density at radius 1 is 0.353 bits per heavy atom. The van der Waals surface area contributed by atoms with E-state index < -0.39 is 5.60 Å². The van der Waals surface area contributed by atoms with Crippen LogP contribution in [0.25, 0.3) is 0 Å². The summed E-state index contributed by atoms with van der Waals surface area (Å²) in [6.45, 7) is 40.0. The quantitative estimate of drug-likeness (QED) is 0.0426. The number of hydrogen-bond acceptors (Lipinski definition) is 12. The molecule has 0 amide bonds. The molecule has 0 saturated heterocycles. The van der Waals surface area contributed by atoms with Crippen LogP contribution in [0.5, 0.6) is 0 Å². The minimum atomic E-state index is -0.429. The lowest BCUT2D eigenvalue weighted by Crippen LogP contribution is -2.23. The monoisotopic (exact) mass is 973 g/mol. The van der Waals surface area contributed by atoms with Gasteiger partial charge in [0.25, 0.3) is 0 Å². The van der Waals surface area contributed by atoms with E-state index in [0.717, 1.165) is 50.4 Å². The molecule has 0 spiro atoms. The van der Waals surface area contributed by atoms with E-state index >= 15 is 0 Å². The van der Waals surface area contributed by atoms with Crippen LogP contribution in [0.4, 0.5) is 0 Å². The molecule has 0 bridgehead atoms. The average Bonchev–Trinajstić information content (AvgIpc) is 3.23. The Kier molecular flexibility index (Phi) is 50.9. The summed E-state index contributed by atoms with van der Waals surface area (Å²) in [6, 6.07) is 0. The second-order valence-corrected chi connectivity index (χ2v) is 21.4. The lowest BCUT2D eigenvalue weighted by atomic mass is 10.0. The fourth-order valence-corrected chi connectivity index (χ4v) is 5.52. The number of hydrogen-bond donors (Lipinski definition) is 0. The van der Waals surface area contributed by atoms with Gasteiger partial charge in [-0.3, -0.25) is 28.8 Å². The highest BCUT2D eigenvalue weighted by Gasteiger charge is 2.16. The maximum Gasteiger partial charge on any atom is 0.306 e. The van der Waals surface area contributed by atoms with Crippen molar-refractivity contribution in [1.82, 2.24) is 0 Å². The molecule has 0 saturated carbocycles. The molecule has 68 heavy (non-hydrogen) atoms. The van der Waals surface area contributed by atoms with Gasteiger partial charge in [-0.25, -0.2) is 0 Å². The van der Waals surface area contributed by atoms with Gasteiger partial charge in [-0.1, -0.05) is 96.9 Å². The minimum absolute atomic E-state index is 0.00428. The number of ketones is 4. The van der Waals surface area contributed by atoms with Crippen LogP contribution in [0, 0.1) is 41.4 Å². The lowest BCUT2D eigenvalue weighted by molar-refractivity contribution is -0.155. The molecule has 0 atom stereocenters. The van der Waals surface area contributed by atoms with Crippen molar-refractivity contribution in [2.24, 2.45) is 41.4 Å². The highest BCUT2D eigenvalue weighted by atomic mass is 16.6. The topological polar surface area (TPSA) is 158 Å². The Balaban J connectivity index is -0.000000406. The van der Waals surface area contributed by atoms with Crippen LogP contribution in [-0.2, 0) is 57.2 Å². The van der Waals surface area contributed by atoms with Crippen molar-refractivity contribution in [2.75, 3.05) is 59.5 Å². The van der Waals surface area contributed by atoms with Gasteiger partial charge in [-0.05, 0) is 102 Å². The van der Waals surface area contributed by atoms with Crippen molar-refractivity contribution >= 4 is 35.1 Å². The fourth-order valence-electron chi connectivity index (χ4n) is 5.52. The zero-order valence-electron chi connectivity index (χ0n) is 47.1. The van der Waals surface area contributed by atoms with Gasteiger partial charge in [0.15, 0.2) is 0 Å². The SMILES string of the molecule is CC(C)C(=O)CCOCCCC(=O)CCC(=O)C(C)C.CC(C)C(=O)CCOCCCC(=O)OC(C)(C)C.CC(C)CCCOCCCC(=O)OCC(C)C.CC(C)CCCOCCCC(C)C. The first kappa shape index (κ1) is 72.0. The van der Waals surface area contributed by atoms with E-state index in [1.54, 1.807) is 0 Å². The Labute approximate surface area is 417 Å². The molecule has 0 aliphatic heterocycles. The Bertz CT molecular complexity index is 1220. The van der Waals surface area contributed by atoms with Crippen molar-refractivity contribution in [3.05, 3.63) is 0 Å². The van der Waals surface area contributed by atoms with Gasteiger partial charge in [-0.2, -0.15) is 0 Å². The maximum atomic E-state index is 11.5. The molecule has 0 aromatic carbocycles. The second kappa shape index (κ2) is 48.1. The molecule has 404 valence electrons. The Hall–Kier alpha value is -2.54. The van der Waals surface area contributed by atoms with Crippen LogP contribution in [0.3, 0.4) is 0 Å². The molecule has 12 heteroatoms. The van der Waals surface area contributed by atoms with Crippen molar-refractivity contribution < 1.29 is 57.2 Å². The summed E-state index contributed by atoms with van der Waals surface area (Å²) in [4.78, 5) is 68.1. The smallest absolute Gasteiger partial charge is 0.306 e. The number of ether oxygens (including phenoxy) is 6. The van der Waals surface area contributed by atoms with Crippen LogP contribution in [0.15, 0.2) is 0 Å². The summed E-state index contributed by atoms with van der Waals surface area (Å²) < 4.78 is 31.9. The average molecular weight is 973 g/mol. The van der Waals surface area contributed by atoms with E-state index in [-0.39, 0.29) is 52.8 Å². The van der Waals surface area contributed by atoms with E-state index in [9.17, 15) is 28.8 Å². The standard InChI is InChI=1S/C16H28O4.C14H26O4.C14H28O3.C12H26O/c1-12(2)15(18)8-7-14(17)6-5-10-20-11-9-16(19)13(3)4;1-11(2)12(15)8-10-17-9-6-7-13(16)18-14(3,4)5;1-12(2)7-5-9-16-10-6-8-14(15)17-11-13(3)4;1-11(2)7-5-9-13-10-6-8-12(3)4/h12-13H,5-11H2,1-4H3;11H,6-10H2,1-5H3;12-13H,5-11H2,1-4H3;11-12H,5-10H2,1-4H3. The van der Waals surface area contributed by atoms with Crippen LogP contribution < -0.4 is 0 Å². The molecule has 0 N–H and O–H groups in total. The van der Waals surface area contributed by atoms with E-state index in [4.69, 9.17) is 28.4 Å². The summed E-state index contributed by atoms with van der Waals surface area (Å²) >= 11 is 0. The summed E-state index contributed by atoms with van der Waals surface area (Å²) in [5.74, 6) is 3.26. The summed E-state index contributed by atoms with van der Waals surface area (Å²) in [6.07, 6.45) is 12.2. The van der Waals surface area contributed by atoms with Crippen molar-refractivity contribution in [3.8, 4) is 0 Å². The van der Waals surface area contributed by atoms with E-state index in [1.165, 1.54) is 32.1 Å². The molecule has 0 radical (unpaired) electrons. The zero-order valence-corrected chi connectivity index (χ0v) is 47.1. The first-order valence-electron chi connectivity index (χ1n) is 26.5. The first-order chi connectivity index (χ1) is 31.7. The highest BCUT2D eigenvalue weighted by molar-refractivity contribution is 5.86. The zero-order chi connectivity index (χ0) is 52.9. The van der Waals surface area contributed by atoms with E-state index in [0.29, 0.717) is 103 Å². The van der Waals surface area contributed by atoms with Crippen LogP contribution in [-0.4, -0.2) is 100 Å². The molecule has 0 aromatic rings. The fraction of sp³-hybridized carbons (Fsp3) is 0.893. The third-order valence-corrected chi connectivity index (χ3v) is 9.86. The molecule has 0 rings (SSSR count). The van der Waals surface area contributed by atoms with E-state index in [2.05, 4.69) is 41.5 Å². The predicted molar refractivity (Wildman–Crippen MR) is 278 cm³/mol. The van der Waals surface area contributed by atoms with Crippen LogP contribution in [0.1, 0.15) is 220 Å². The maximum absolute atomic E-state index is 11.5. The van der Waals surface area contributed by atoms with Gasteiger partial charge >= 0.3 is 11.9 Å². The minimum Gasteiger partial charge on any atom is -0.465 e. The number of carbonyl (C=O) groups is 6. The largest absolute Gasteiger partial charge is 0.465 e. The lowest BCUT2D eigenvalue weighted by Gasteiger charge is -2.19. The number of rotatable bonds is 38. The van der Waals surface area contributed by atoms with Gasteiger partial charge in [-0.15, -0.1) is 0 Å². The van der Waals surface area contributed by atoms with E-state index in [1.807, 2.05) is 76.2 Å². The summed E-state index contributed by atoms with van der Waals surface area (Å²) in [7, 11) is 0. The summed E-state index contributed by atoms with van der Waals surface area (Å²) in [5.41, 5.74) is -0.429. The number of carbonyl (C=O) groups excluding carboxylic acids is 6. The highest BCUT2D eigenvalue weighted by Crippen LogP contribution is 2.11. The van der Waals surface area contributed by atoms with Crippen molar-refractivity contribution in [3.63, 3.8) is 0 Å². The summed E-state index contributed by atoms with van der Waals surface area (Å²) in [5, 5.41) is 0. The predicted octanol–water partition coefficient (Wildman–Crippen LogP) is 13.0. The van der Waals surface area contributed by atoms with Gasteiger partial charge < -0.3 is 28.4 Å². The number of Topliss-reactive ketones (excluding diaryl/α,β-unsaturated/α-hetero) is 4. The van der Waals surface area contributed by atoms with Crippen molar-refractivity contribution in [2.45, 2.75) is 226 Å². The molecule has 0 aromatic heterocycles. The third-order valence-electron chi connectivity index (χ3n) is 9.86. The third kappa shape index (κ3) is 63.5.